The lowest BCUT2D eigenvalue weighted by Crippen LogP contribution is -2.32. The SMILES string of the molecule is CC(C)N(Cc1ccccc1)c1cc(C(=O)N(C)CCc2ccncc2)ccn1. The number of benzene rings is 1. The summed E-state index contributed by atoms with van der Waals surface area (Å²) >= 11 is 0. The third kappa shape index (κ3) is 5.64. The van der Waals surface area contributed by atoms with Gasteiger partial charge >= 0.3 is 0 Å². The van der Waals surface area contributed by atoms with Crippen LogP contribution in [0.4, 0.5) is 5.82 Å². The number of amides is 1. The summed E-state index contributed by atoms with van der Waals surface area (Å²) in [6.07, 6.45) is 6.08. The molecule has 0 fully saturated rings. The molecule has 0 radical (unpaired) electrons. The van der Waals surface area contributed by atoms with E-state index in [1.807, 2.05) is 43.4 Å². The highest BCUT2D eigenvalue weighted by Crippen LogP contribution is 2.20. The molecule has 29 heavy (non-hydrogen) atoms. The lowest BCUT2D eigenvalue weighted by Gasteiger charge is -2.28. The van der Waals surface area contributed by atoms with Crippen molar-refractivity contribution in [3.8, 4) is 0 Å². The van der Waals surface area contributed by atoms with Crippen LogP contribution in [0.5, 0.6) is 0 Å². The number of carbonyl (C=O) groups excluding carboxylic acids is 1. The highest BCUT2D eigenvalue weighted by atomic mass is 16.2. The van der Waals surface area contributed by atoms with E-state index in [0.717, 1.165) is 18.8 Å². The predicted octanol–water partition coefficient (Wildman–Crippen LogP) is 4.21. The minimum absolute atomic E-state index is 0.00567. The van der Waals surface area contributed by atoms with Crippen LogP contribution in [0.1, 0.15) is 35.3 Å². The van der Waals surface area contributed by atoms with Crippen molar-refractivity contribution in [1.29, 1.82) is 0 Å². The Morgan fingerprint density at radius 1 is 0.966 bits per heavy atom. The van der Waals surface area contributed by atoms with Gasteiger partial charge in [0, 0.05) is 50.3 Å². The van der Waals surface area contributed by atoms with Crippen molar-refractivity contribution in [3.05, 3.63) is 89.9 Å². The molecule has 1 aromatic carbocycles. The molecule has 0 saturated heterocycles. The third-order valence-electron chi connectivity index (χ3n) is 4.94. The Hall–Kier alpha value is -3.21. The van der Waals surface area contributed by atoms with E-state index < -0.39 is 0 Å². The van der Waals surface area contributed by atoms with Gasteiger partial charge in [0.15, 0.2) is 0 Å². The average Bonchev–Trinajstić information content (AvgIpc) is 2.76. The van der Waals surface area contributed by atoms with Gasteiger partial charge in [-0.2, -0.15) is 0 Å². The standard InChI is InChI=1S/C24H28N4O/c1-19(2)28(18-21-7-5-4-6-8-21)23-17-22(11-15-26-23)24(29)27(3)16-12-20-9-13-25-14-10-20/h4-11,13-15,17,19H,12,16,18H2,1-3H3. The quantitative estimate of drug-likeness (QED) is 0.580. The number of pyridine rings is 2. The van der Waals surface area contributed by atoms with Crippen LogP contribution in [-0.2, 0) is 13.0 Å². The first-order valence-electron chi connectivity index (χ1n) is 9.95. The summed E-state index contributed by atoms with van der Waals surface area (Å²) in [5, 5.41) is 0. The Kier molecular flexibility index (Phi) is 6.95. The van der Waals surface area contributed by atoms with Gasteiger partial charge < -0.3 is 9.80 Å². The summed E-state index contributed by atoms with van der Waals surface area (Å²) in [6, 6.07) is 18.2. The Morgan fingerprint density at radius 2 is 1.69 bits per heavy atom. The lowest BCUT2D eigenvalue weighted by atomic mass is 10.1. The van der Waals surface area contributed by atoms with Crippen LogP contribution in [0.25, 0.3) is 0 Å². The Labute approximate surface area is 173 Å². The summed E-state index contributed by atoms with van der Waals surface area (Å²) < 4.78 is 0. The number of hydrogen-bond donors (Lipinski definition) is 0. The minimum Gasteiger partial charge on any atom is -0.350 e. The molecule has 1 amide bonds. The van der Waals surface area contributed by atoms with Gasteiger partial charge in [0.25, 0.3) is 5.91 Å². The fourth-order valence-corrected chi connectivity index (χ4v) is 3.18. The summed E-state index contributed by atoms with van der Waals surface area (Å²) in [4.78, 5) is 25.5. The molecule has 0 aliphatic rings. The smallest absolute Gasteiger partial charge is 0.253 e. The van der Waals surface area contributed by atoms with Gasteiger partial charge in [0.1, 0.15) is 5.82 Å². The highest BCUT2D eigenvalue weighted by molar-refractivity contribution is 5.94. The van der Waals surface area contributed by atoms with Gasteiger partial charge in [-0.15, -0.1) is 0 Å². The van der Waals surface area contributed by atoms with Gasteiger partial charge in [-0.3, -0.25) is 9.78 Å². The molecule has 0 atom stereocenters. The van der Waals surface area contributed by atoms with Crippen LogP contribution >= 0.6 is 0 Å². The zero-order valence-corrected chi connectivity index (χ0v) is 17.3. The van der Waals surface area contributed by atoms with E-state index >= 15 is 0 Å². The van der Waals surface area contributed by atoms with E-state index in [1.165, 1.54) is 11.1 Å². The zero-order valence-electron chi connectivity index (χ0n) is 17.3. The van der Waals surface area contributed by atoms with Gasteiger partial charge in [0.05, 0.1) is 0 Å². The monoisotopic (exact) mass is 388 g/mol. The maximum Gasteiger partial charge on any atom is 0.253 e. The second-order valence-electron chi connectivity index (χ2n) is 7.44. The van der Waals surface area contributed by atoms with E-state index in [0.29, 0.717) is 12.1 Å². The fourth-order valence-electron chi connectivity index (χ4n) is 3.18. The molecular formula is C24H28N4O. The first-order chi connectivity index (χ1) is 14.0. The van der Waals surface area contributed by atoms with Crippen molar-refractivity contribution in [2.45, 2.75) is 32.9 Å². The van der Waals surface area contributed by atoms with Crippen molar-refractivity contribution in [2.24, 2.45) is 0 Å². The van der Waals surface area contributed by atoms with E-state index in [9.17, 15) is 4.79 Å². The Morgan fingerprint density at radius 3 is 2.38 bits per heavy atom. The van der Waals surface area contributed by atoms with Crippen LogP contribution in [-0.4, -0.2) is 40.4 Å². The largest absolute Gasteiger partial charge is 0.350 e. The molecule has 0 aliphatic heterocycles. The first-order valence-corrected chi connectivity index (χ1v) is 9.95. The van der Waals surface area contributed by atoms with Crippen LogP contribution < -0.4 is 4.90 Å². The Balaban J connectivity index is 1.72. The van der Waals surface area contributed by atoms with Crippen molar-refractivity contribution < 1.29 is 4.79 Å². The molecule has 150 valence electrons. The van der Waals surface area contributed by atoms with Crippen LogP contribution in [0.15, 0.2) is 73.2 Å². The van der Waals surface area contributed by atoms with Crippen molar-refractivity contribution in [3.63, 3.8) is 0 Å². The molecule has 0 bridgehead atoms. The average molecular weight is 389 g/mol. The normalized spacial score (nSPS) is 10.8. The Bertz CT molecular complexity index is 912. The molecule has 3 rings (SSSR count). The van der Waals surface area contributed by atoms with Crippen molar-refractivity contribution in [2.75, 3.05) is 18.5 Å². The van der Waals surface area contributed by atoms with E-state index in [2.05, 4.69) is 40.8 Å². The van der Waals surface area contributed by atoms with Gasteiger partial charge in [-0.1, -0.05) is 30.3 Å². The molecule has 0 unspecified atom stereocenters. The molecule has 0 spiro atoms. The third-order valence-corrected chi connectivity index (χ3v) is 4.94. The van der Waals surface area contributed by atoms with E-state index in [1.54, 1.807) is 29.6 Å². The molecule has 0 N–H and O–H groups in total. The fraction of sp³-hybridized carbons (Fsp3) is 0.292. The van der Waals surface area contributed by atoms with E-state index in [-0.39, 0.29) is 11.9 Å². The second kappa shape index (κ2) is 9.82. The first kappa shape index (κ1) is 20.5. The highest BCUT2D eigenvalue weighted by Gasteiger charge is 2.17. The predicted molar refractivity (Wildman–Crippen MR) is 117 cm³/mol. The summed E-state index contributed by atoms with van der Waals surface area (Å²) in [5.74, 6) is 0.823. The molecule has 0 saturated carbocycles. The molecule has 5 nitrogen and oxygen atoms in total. The van der Waals surface area contributed by atoms with Gasteiger partial charge in [-0.25, -0.2) is 4.98 Å². The number of hydrogen-bond acceptors (Lipinski definition) is 4. The minimum atomic E-state index is 0.00567. The number of rotatable bonds is 8. The van der Waals surface area contributed by atoms with Gasteiger partial charge in [-0.05, 0) is 55.7 Å². The summed E-state index contributed by atoms with van der Waals surface area (Å²) in [6.45, 7) is 5.68. The number of likely N-dealkylation sites (N-methyl/N-ethyl adjacent to an activating group) is 1. The summed E-state index contributed by atoms with van der Waals surface area (Å²) in [5.41, 5.74) is 3.05. The summed E-state index contributed by atoms with van der Waals surface area (Å²) in [7, 11) is 1.84. The zero-order chi connectivity index (χ0) is 20.6. The second-order valence-corrected chi connectivity index (χ2v) is 7.44. The number of anilines is 1. The molecule has 0 aliphatic carbocycles. The maximum absolute atomic E-state index is 12.9. The lowest BCUT2D eigenvalue weighted by molar-refractivity contribution is 0.0796. The van der Waals surface area contributed by atoms with Gasteiger partial charge in [0.2, 0.25) is 0 Å². The molecule has 2 heterocycles. The van der Waals surface area contributed by atoms with Crippen LogP contribution in [0.3, 0.4) is 0 Å². The van der Waals surface area contributed by atoms with Crippen molar-refractivity contribution >= 4 is 11.7 Å². The topological polar surface area (TPSA) is 49.3 Å². The van der Waals surface area contributed by atoms with E-state index in [4.69, 9.17) is 0 Å². The molecular weight excluding hydrogens is 360 g/mol. The molecule has 5 heteroatoms. The maximum atomic E-state index is 12.9. The van der Waals surface area contributed by atoms with Crippen LogP contribution in [0, 0.1) is 0 Å². The molecule has 2 aromatic heterocycles. The number of carbonyl (C=O) groups is 1. The number of nitrogens with zero attached hydrogens (tertiary/aromatic N) is 4. The number of aromatic nitrogens is 2. The van der Waals surface area contributed by atoms with Crippen molar-refractivity contribution in [1.82, 2.24) is 14.9 Å². The van der Waals surface area contributed by atoms with Crippen LogP contribution in [0.2, 0.25) is 0 Å². The molecule has 3 aromatic rings.